The van der Waals surface area contributed by atoms with Crippen LogP contribution in [0.2, 0.25) is 5.02 Å². The van der Waals surface area contributed by atoms with Gasteiger partial charge in [0.15, 0.2) is 5.60 Å². The number of amides is 1. The molecule has 35 heavy (non-hydrogen) atoms. The summed E-state index contributed by atoms with van der Waals surface area (Å²) >= 11 is 6.85. The van der Waals surface area contributed by atoms with Crippen LogP contribution in [-0.4, -0.2) is 42.2 Å². The van der Waals surface area contributed by atoms with Crippen molar-refractivity contribution in [1.29, 1.82) is 0 Å². The molecule has 0 fully saturated rings. The minimum Gasteiger partial charge on any atom is -0.481 e. The highest BCUT2D eigenvalue weighted by molar-refractivity contribution is 6.36. The highest BCUT2D eigenvalue weighted by Gasteiger charge is 2.40. The van der Waals surface area contributed by atoms with Gasteiger partial charge >= 0.3 is 0 Å². The van der Waals surface area contributed by atoms with Crippen molar-refractivity contribution in [3.63, 3.8) is 0 Å². The quantitative estimate of drug-likeness (QED) is 0.406. The molecule has 0 radical (unpaired) electrons. The van der Waals surface area contributed by atoms with Crippen LogP contribution in [-0.2, 0) is 31.0 Å². The van der Waals surface area contributed by atoms with Gasteiger partial charge in [-0.3, -0.25) is 4.79 Å². The maximum Gasteiger partial charge on any atom is 0.220 e. The van der Waals surface area contributed by atoms with Gasteiger partial charge in [-0.05, 0) is 31.5 Å². The zero-order chi connectivity index (χ0) is 25.5. The van der Waals surface area contributed by atoms with Crippen LogP contribution in [0.5, 0.6) is 5.88 Å². The van der Waals surface area contributed by atoms with Gasteiger partial charge in [0, 0.05) is 32.4 Å². The Morgan fingerprint density at radius 3 is 2.23 bits per heavy atom. The fraction of sp³-hybridized carbons (Fsp3) is 0.360. The van der Waals surface area contributed by atoms with Gasteiger partial charge in [0.2, 0.25) is 11.8 Å². The number of aromatic nitrogens is 5. The molecule has 0 bridgehead atoms. The predicted octanol–water partition coefficient (Wildman–Crippen LogP) is 3.29. The monoisotopic (exact) mass is 496 g/mol. The van der Waals surface area contributed by atoms with Crippen LogP contribution >= 0.6 is 11.6 Å². The SMILES string of the molecule is CCC(=O)NCc1c(OC)nc2ccc(C(O)(c3cnc(C)n3C)c3cnc(C)n3C)cc2c1Cl. The molecular formula is C25H29ClN6O3. The molecule has 0 atom stereocenters. The smallest absolute Gasteiger partial charge is 0.220 e. The van der Waals surface area contributed by atoms with Crippen molar-refractivity contribution in [2.45, 2.75) is 39.3 Å². The molecule has 2 N–H and O–H groups in total. The molecule has 0 aliphatic rings. The molecule has 0 aliphatic carbocycles. The lowest BCUT2D eigenvalue weighted by molar-refractivity contribution is -0.120. The number of carbonyl (C=O) groups is 1. The van der Waals surface area contributed by atoms with Gasteiger partial charge < -0.3 is 24.3 Å². The molecule has 0 saturated carbocycles. The van der Waals surface area contributed by atoms with Crippen LogP contribution in [0.1, 0.15) is 47.5 Å². The second-order valence-corrected chi connectivity index (χ2v) is 8.86. The summed E-state index contributed by atoms with van der Waals surface area (Å²) < 4.78 is 9.16. The number of pyridine rings is 1. The van der Waals surface area contributed by atoms with Gasteiger partial charge in [-0.2, -0.15) is 0 Å². The standard InChI is InChI=1S/C25H29ClN6O3/c1-7-22(33)29-11-18-23(26)17-10-16(8-9-19(17)30-24(18)35-6)25(34,20-12-27-14(2)31(20)4)21-13-28-15(3)32(21)5/h8-10,12-13,34H,7,11H2,1-6H3,(H,29,33). The van der Waals surface area contributed by atoms with E-state index in [4.69, 9.17) is 16.3 Å². The Morgan fingerprint density at radius 1 is 1.14 bits per heavy atom. The minimum atomic E-state index is -1.57. The number of hydrogen-bond donors (Lipinski definition) is 2. The van der Waals surface area contributed by atoms with Gasteiger partial charge in [-0.25, -0.2) is 15.0 Å². The van der Waals surface area contributed by atoms with E-state index in [-0.39, 0.29) is 12.5 Å². The van der Waals surface area contributed by atoms with E-state index in [0.717, 1.165) is 11.6 Å². The molecule has 4 rings (SSSR count). The van der Waals surface area contributed by atoms with E-state index in [1.807, 2.05) is 49.2 Å². The maximum atomic E-state index is 12.4. The number of carbonyl (C=O) groups excluding carboxylic acids is 1. The number of benzene rings is 1. The lowest BCUT2D eigenvalue weighted by Crippen LogP contribution is -2.33. The third-order valence-corrected chi connectivity index (χ3v) is 6.99. The summed E-state index contributed by atoms with van der Waals surface area (Å²) in [5.74, 6) is 1.75. The fourth-order valence-corrected chi connectivity index (χ4v) is 4.50. The van der Waals surface area contributed by atoms with Crippen molar-refractivity contribution in [2.75, 3.05) is 7.11 Å². The lowest BCUT2D eigenvalue weighted by atomic mass is 9.86. The molecule has 0 unspecified atom stereocenters. The van der Waals surface area contributed by atoms with E-state index in [0.29, 0.717) is 50.7 Å². The molecule has 3 aromatic heterocycles. The number of nitrogens with zero attached hydrogens (tertiary/aromatic N) is 5. The largest absolute Gasteiger partial charge is 0.481 e. The Balaban J connectivity index is 1.96. The van der Waals surface area contributed by atoms with Crippen molar-refractivity contribution >= 4 is 28.4 Å². The minimum absolute atomic E-state index is 0.107. The number of methoxy groups -OCH3 is 1. The van der Waals surface area contributed by atoms with E-state index in [2.05, 4.69) is 20.3 Å². The number of halogens is 1. The zero-order valence-electron chi connectivity index (χ0n) is 20.7. The normalized spacial score (nSPS) is 11.8. The van der Waals surface area contributed by atoms with E-state index >= 15 is 0 Å². The third-order valence-electron chi connectivity index (χ3n) is 6.55. The molecule has 0 spiro atoms. The van der Waals surface area contributed by atoms with E-state index in [1.165, 1.54) is 7.11 Å². The molecule has 10 heteroatoms. The van der Waals surface area contributed by atoms with E-state index in [1.54, 1.807) is 25.4 Å². The predicted molar refractivity (Wildman–Crippen MR) is 133 cm³/mol. The molecular weight excluding hydrogens is 468 g/mol. The Morgan fingerprint density at radius 2 is 1.74 bits per heavy atom. The van der Waals surface area contributed by atoms with Crippen LogP contribution in [0, 0.1) is 13.8 Å². The number of nitrogens with one attached hydrogen (secondary N) is 1. The summed E-state index contributed by atoms with van der Waals surface area (Å²) in [7, 11) is 5.24. The van der Waals surface area contributed by atoms with E-state index in [9.17, 15) is 9.90 Å². The number of imidazole rings is 2. The Bertz CT molecular complexity index is 1380. The van der Waals surface area contributed by atoms with Crippen molar-refractivity contribution in [1.82, 2.24) is 29.4 Å². The first-order chi connectivity index (χ1) is 16.6. The first-order valence-corrected chi connectivity index (χ1v) is 11.6. The molecule has 1 aromatic carbocycles. The number of hydrogen-bond acceptors (Lipinski definition) is 6. The molecule has 0 aliphatic heterocycles. The van der Waals surface area contributed by atoms with Crippen LogP contribution in [0.15, 0.2) is 30.6 Å². The van der Waals surface area contributed by atoms with Gasteiger partial charge in [-0.1, -0.05) is 24.6 Å². The average molecular weight is 497 g/mol. The second-order valence-electron chi connectivity index (χ2n) is 8.49. The van der Waals surface area contributed by atoms with Gasteiger partial charge in [-0.15, -0.1) is 0 Å². The Kier molecular flexibility index (Phi) is 6.57. The molecule has 184 valence electrons. The molecule has 1 amide bonds. The van der Waals surface area contributed by atoms with Crippen LogP contribution in [0.3, 0.4) is 0 Å². The Hall–Kier alpha value is -3.43. The summed E-state index contributed by atoms with van der Waals surface area (Å²) in [4.78, 5) is 25.3. The molecule has 3 heterocycles. The highest BCUT2D eigenvalue weighted by Crippen LogP contribution is 2.40. The van der Waals surface area contributed by atoms with Crippen molar-refractivity contribution in [2.24, 2.45) is 14.1 Å². The van der Waals surface area contributed by atoms with E-state index < -0.39 is 5.60 Å². The number of rotatable bonds is 7. The number of aryl methyl sites for hydroxylation is 2. The Labute approximate surface area is 208 Å². The first kappa shape index (κ1) is 24.7. The summed E-state index contributed by atoms with van der Waals surface area (Å²) in [5, 5.41) is 16.2. The highest BCUT2D eigenvalue weighted by atomic mass is 35.5. The average Bonchev–Trinajstić information content (AvgIpc) is 3.38. The van der Waals surface area contributed by atoms with Gasteiger partial charge in [0.05, 0.1) is 47.0 Å². The van der Waals surface area contributed by atoms with Gasteiger partial charge in [0.25, 0.3) is 0 Å². The van der Waals surface area contributed by atoms with Crippen molar-refractivity contribution in [3.05, 3.63) is 69.8 Å². The summed E-state index contributed by atoms with van der Waals surface area (Å²) in [6.07, 6.45) is 3.69. The number of fused-ring (bicyclic) bond motifs is 1. The lowest BCUT2D eigenvalue weighted by Gasteiger charge is -2.30. The first-order valence-electron chi connectivity index (χ1n) is 11.3. The maximum absolute atomic E-state index is 12.4. The third kappa shape index (κ3) is 4.04. The summed E-state index contributed by atoms with van der Waals surface area (Å²) in [6, 6.07) is 5.43. The van der Waals surface area contributed by atoms with Gasteiger partial charge in [0.1, 0.15) is 11.6 Å². The molecule has 9 nitrogen and oxygen atoms in total. The molecule has 0 saturated heterocycles. The fourth-order valence-electron chi connectivity index (χ4n) is 4.21. The zero-order valence-corrected chi connectivity index (χ0v) is 21.4. The van der Waals surface area contributed by atoms with Crippen LogP contribution in [0.25, 0.3) is 10.9 Å². The van der Waals surface area contributed by atoms with Crippen molar-refractivity contribution in [3.8, 4) is 5.88 Å². The second kappa shape index (κ2) is 9.31. The summed E-state index contributed by atoms with van der Waals surface area (Å²) in [5.41, 5.74) is 1.35. The summed E-state index contributed by atoms with van der Waals surface area (Å²) in [6.45, 7) is 5.71. The van der Waals surface area contributed by atoms with Crippen LogP contribution in [0.4, 0.5) is 0 Å². The van der Waals surface area contributed by atoms with Crippen molar-refractivity contribution < 1.29 is 14.6 Å². The number of ether oxygens (including phenoxy) is 1. The number of aliphatic hydroxyl groups is 1. The molecule has 4 aromatic rings. The van der Waals surface area contributed by atoms with Crippen LogP contribution < -0.4 is 10.1 Å². The topological polar surface area (TPSA) is 107 Å².